The van der Waals surface area contributed by atoms with Gasteiger partial charge in [0.2, 0.25) is 5.91 Å². The molecule has 0 aromatic heterocycles. The van der Waals surface area contributed by atoms with Gasteiger partial charge in [-0.15, -0.1) is 0 Å². The molecule has 0 unspecified atom stereocenters. The summed E-state index contributed by atoms with van der Waals surface area (Å²) in [5.74, 6) is -1.24. The number of rotatable bonds is 6. The van der Waals surface area contributed by atoms with Crippen molar-refractivity contribution in [3.8, 4) is 11.5 Å². The van der Waals surface area contributed by atoms with E-state index in [1.807, 2.05) is 6.07 Å². The van der Waals surface area contributed by atoms with Crippen LogP contribution in [0.4, 0.5) is 13.2 Å². The molecule has 31 heavy (non-hydrogen) atoms. The highest BCUT2D eigenvalue weighted by Crippen LogP contribution is 2.35. The molecule has 0 atom stereocenters. The van der Waals surface area contributed by atoms with Crippen molar-refractivity contribution >= 4 is 23.5 Å². The van der Waals surface area contributed by atoms with Crippen LogP contribution in [0.25, 0.3) is 0 Å². The Kier molecular flexibility index (Phi) is 10.3. The second kappa shape index (κ2) is 12.0. The van der Waals surface area contributed by atoms with Gasteiger partial charge in [0.15, 0.2) is 11.5 Å². The highest BCUT2D eigenvalue weighted by Gasteiger charge is 2.38. The van der Waals surface area contributed by atoms with Crippen molar-refractivity contribution < 1.29 is 37.3 Å². The van der Waals surface area contributed by atoms with E-state index in [-0.39, 0.29) is 5.91 Å². The summed E-state index contributed by atoms with van der Waals surface area (Å²) in [6.45, 7) is 4.78. The van der Waals surface area contributed by atoms with E-state index in [4.69, 9.17) is 31.0 Å². The number of halogens is 4. The first-order chi connectivity index (χ1) is 14.4. The van der Waals surface area contributed by atoms with Gasteiger partial charge in [-0.05, 0) is 6.07 Å². The standard InChI is InChI=1S/C17H26ClN3O3.C2HF3O2/c1-19(2)16(22)12-21-7-5-20(6-8-21)11-13-9-14(18)10-15(23-3)17(13)24-4;3-2(4,5)1(6)7/h9-10H,5-8,11-12H2,1-4H3;(H,6,7). The zero-order chi connectivity index (χ0) is 23.8. The molecule has 1 aliphatic heterocycles. The van der Waals surface area contributed by atoms with Crippen molar-refractivity contribution in [3.63, 3.8) is 0 Å². The number of nitrogens with zero attached hydrogens (tertiary/aromatic N) is 3. The Morgan fingerprint density at radius 3 is 2.03 bits per heavy atom. The summed E-state index contributed by atoms with van der Waals surface area (Å²) in [5.41, 5.74) is 1.01. The predicted molar refractivity (Wildman–Crippen MR) is 109 cm³/mol. The second-order valence-corrected chi connectivity index (χ2v) is 7.38. The van der Waals surface area contributed by atoms with Gasteiger partial charge in [0.05, 0.1) is 20.8 Å². The van der Waals surface area contributed by atoms with E-state index in [9.17, 15) is 18.0 Å². The number of alkyl halides is 3. The van der Waals surface area contributed by atoms with Gasteiger partial charge in [-0.1, -0.05) is 11.6 Å². The van der Waals surface area contributed by atoms with Crippen LogP contribution in [0.1, 0.15) is 5.56 Å². The number of carboxylic acid groups (broad SMARTS) is 1. The molecule has 1 saturated heterocycles. The third kappa shape index (κ3) is 8.80. The molecule has 8 nitrogen and oxygen atoms in total. The number of carboxylic acids is 1. The van der Waals surface area contributed by atoms with Gasteiger partial charge >= 0.3 is 12.1 Å². The Hall–Kier alpha value is -2.24. The first kappa shape index (κ1) is 26.8. The SMILES string of the molecule is COc1cc(Cl)cc(CN2CCN(CC(=O)N(C)C)CC2)c1OC.O=C(O)C(F)(F)F. The van der Waals surface area contributed by atoms with Gasteiger partial charge in [-0.2, -0.15) is 13.2 Å². The van der Waals surface area contributed by atoms with Crippen LogP contribution in [-0.4, -0.2) is 98.9 Å². The van der Waals surface area contributed by atoms with E-state index in [0.29, 0.717) is 17.3 Å². The average Bonchev–Trinajstić information content (AvgIpc) is 2.68. The molecule has 1 aromatic rings. The minimum Gasteiger partial charge on any atom is -0.493 e. The Balaban J connectivity index is 0.000000592. The summed E-state index contributed by atoms with van der Waals surface area (Å²) in [6.07, 6.45) is -5.08. The number of piperazine rings is 1. The topological polar surface area (TPSA) is 82.5 Å². The fourth-order valence-electron chi connectivity index (χ4n) is 2.80. The Morgan fingerprint density at radius 2 is 1.61 bits per heavy atom. The van der Waals surface area contributed by atoms with Crippen molar-refractivity contribution in [2.75, 3.05) is 61.0 Å². The molecule has 1 fully saturated rings. The third-order valence-electron chi connectivity index (χ3n) is 4.48. The first-order valence-electron chi connectivity index (χ1n) is 9.24. The number of methoxy groups -OCH3 is 2. The van der Waals surface area contributed by atoms with Crippen LogP contribution in [0.2, 0.25) is 5.02 Å². The summed E-state index contributed by atoms with van der Waals surface area (Å²) in [5, 5.41) is 7.76. The lowest BCUT2D eigenvalue weighted by Gasteiger charge is -2.35. The van der Waals surface area contributed by atoms with Crippen molar-refractivity contribution in [3.05, 3.63) is 22.7 Å². The lowest BCUT2D eigenvalue weighted by atomic mass is 10.1. The number of likely N-dealkylation sites (N-methyl/N-ethyl adjacent to an activating group) is 1. The third-order valence-corrected chi connectivity index (χ3v) is 4.70. The van der Waals surface area contributed by atoms with Crippen molar-refractivity contribution in [1.29, 1.82) is 0 Å². The maximum Gasteiger partial charge on any atom is 0.490 e. The van der Waals surface area contributed by atoms with Crippen molar-refractivity contribution in [2.24, 2.45) is 0 Å². The highest BCUT2D eigenvalue weighted by atomic mass is 35.5. The molecule has 0 radical (unpaired) electrons. The number of aliphatic carboxylic acids is 1. The lowest BCUT2D eigenvalue weighted by molar-refractivity contribution is -0.192. The maximum atomic E-state index is 11.8. The summed E-state index contributed by atoms with van der Waals surface area (Å²) in [7, 11) is 6.83. The summed E-state index contributed by atoms with van der Waals surface area (Å²) < 4.78 is 42.6. The van der Waals surface area contributed by atoms with E-state index >= 15 is 0 Å². The fourth-order valence-corrected chi connectivity index (χ4v) is 3.03. The predicted octanol–water partition coefficient (Wildman–Crippen LogP) is 2.20. The number of carbonyl (C=O) groups excluding carboxylic acids is 1. The van der Waals surface area contributed by atoms with Crippen molar-refractivity contribution in [2.45, 2.75) is 12.7 Å². The van der Waals surface area contributed by atoms with Crippen molar-refractivity contribution in [1.82, 2.24) is 14.7 Å². The Labute approximate surface area is 184 Å². The quantitative estimate of drug-likeness (QED) is 0.684. The zero-order valence-electron chi connectivity index (χ0n) is 17.8. The molecule has 0 bridgehead atoms. The molecular formula is C19H27ClF3N3O5. The van der Waals surface area contributed by atoms with Gasteiger partial charge in [0.1, 0.15) is 0 Å². The Morgan fingerprint density at radius 1 is 1.10 bits per heavy atom. The smallest absolute Gasteiger partial charge is 0.490 e. The highest BCUT2D eigenvalue weighted by molar-refractivity contribution is 6.30. The van der Waals surface area contributed by atoms with E-state index in [1.54, 1.807) is 39.3 Å². The number of carbonyl (C=O) groups is 2. The van der Waals surface area contributed by atoms with E-state index in [2.05, 4.69) is 9.80 Å². The number of ether oxygens (including phenoxy) is 2. The monoisotopic (exact) mass is 469 g/mol. The second-order valence-electron chi connectivity index (χ2n) is 6.94. The minimum absolute atomic E-state index is 0.143. The Bertz CT molecular complexity index is 754. The normalized spacial score (nSPS) is 15.0. The number of amides is 1. The molecule has 1 aliphatic rings. The molecule has 1 amide bonds. The molecule has 12 heteroatoms. The summed E-state index contributed by atoms with van der Waals surface area (Å²) >= 11 is 6.18. The van der Waals surface area contributed by atoms with E-state index < -0.39 is 12.1 Å². The van der Waals surface area contributed by atoms with Crippen LogP contribution in [0.15, 0.2) is 12.1 Å². The van der Waals surface area contributed by atoms with Crippen LogP contribution >= 0.6 is 11.6 Å². The molecule has 176 valence electrons. The minimum atomic E-state index is -5.08. The van der Waals surface area contributed by atoms with Crippen LogP contribution in [0, 0.1) is 0 Å². The lowest BCUT2D eigenvalue weighted by Crippen LogP contribution is -2.48. The summed E-state index contributed by atoms with van der Waals surface area (Å²) in [4.78, 5) is 26.9. The molecule has 0 spiro atoms. The van der Waals surface area contributed by atoms with E-state index in [1.165, 1.54) is 0 Å². The number of hydrogen-bond donors (Lipinski definition) is 1. The first-order valence-corrected chi connectivity index (χ1v) is 9.62. The van der Waals surface area contributed by atoms with Crippen LogP contribution in [-0.2, 0) is 16.1 Å². The van der Waals surface area contributed by atoms with Gasteiger partial charge in [0, 0.05) is 63.5 Å². The van der Waals surface area contributed by atoms with Crippen LogP contribution in [0.5, 0.6) is 11.5 Å². The number of hydrogen-bond acceptors (Lipinski definition) is 6. The molecule has 1 heterocycles. The zero-order valence-corrected chi connectivity index (χ0v) is 18.6. The maximum absolute atomic E-state index is 11.8. The van der Waals surface area contributed by atoms with Gasteiger partial charge in [-0.25, -0.2) is 4.79 Å². The van der Waals surface area contributed by atoms with Crippen LogP contribution < -0.4 is 9.47 Å². The van der Waals surface area contributed by atoms with Gasteiger partial charge in [-0.3, -0.25) is 14.6 Å². The molecular weight excluding hydrogens is 443 g/mol. The molecule has 2 rings (SSSR count). The van der Waals surface area contributed by atoms with E-state index in [0.717, 1.165) is 44.0 Å². The summed E-state index contributed by atoms with van der Waals surface area (Å²) in [6, 6.07) is 3.68. The van der Waals surface area contributed by atoms with Gasteiger partial charge in [0.25, 0.3) is 0 Å². The molecule has 1 N–H and O–H groups in total. The average molecular weight is 470 g/mol. The van der Waals surface area contributed by atoms with Gasteiger partial charge < -0.3 is 19.5 Å². The fraction of sp³-hybridized carbons (Fsp3) is 0.579. The molecule has 0 aliphatic carbocycles. The number of benzene rings is 1. The molecule has 0 saturated carbocycles. The van der Waals surface area contributed by atoms with Crippen LogP contribution in [0.3, 0.4) is 0 Å². The largest absolute Gasteiger partial charge is 0.493 e. The molecule has 1 aromatic carbocycles.